The smallest absolute Gasteiger partial charge is 0.0868 e. The quantitative estimate of drug-likeness (QED) is 0.745. The molecule has 1 nitrogen and oxygen atoms in total. The van der Waals surface area contributed by atoms with Crippen molar-refractivity contribution in [3.05, 3.63) is 66.5 Å². The van der Waals surface area contributed by atoms with Crippen LogP contribution in [0.3, 0.4) is 0 Å². The van der Waals surface area contributed by atoms with Crippen LogP contribution >= 0.6 is 11.8 Å². The predicted octanol–water partition coefficient (Wildman–Crippen LogP) is 4.16. The molecule has 0 amide bonds. The zero-order valence-corrected chi connectivity index (χ0v) is 9.73. The van der Waals surface area contributed by atoms with Gasteiger partial charge >= 0.3 is 0 Å². The van der Waals surface area contributed by atoms with Crippen LogP contribution < -0.4 is 0 Å². The Kier molecular flexibility index (Phi) is 2.58. The van der Waals surface area contributed by atoms with E-state index in [1.165, 1.54) is 10.5 Å². The zero-order valence-electron chi connectivity index (χ0n) is 8.91. The van der Waals surface area contributed by atoms with Crippen molar-refractivity contribution >= 4 is 16.7 Å². The number of nitrogens with zero attached hydrogens (tertiary/aromatic N) is 1. The van der Waals surface area contributed by atoms with E-state index in [9.17, 15) is 0 Å². The number of rotatable bonds is 2. The first-order valence-electron chi connectivity index (χ1n) is 5.48. The van der Waals surface area contributed by atoms with Crippen molar-refractivity contribution in [2.45, 2.75) is 11.8 Å². The first kappa shape index (κ1) is 9.79. The lowest BCUT2D eigenvalue weighted by atomic mass is 10.2. The summed E-state index contributed by atoms with van der Waals surface area (Å²) in [6.45, 7) is 0. The SMILES string of the molecule is C1=C(c2ccccc2)SC(n2cccc2)C1. The molecule has 0 saturated carbocycles. The predicted molar refractivity (Wildman–Crippen MR) is 70.1 cm³/mol. The molecule has 1 aliphatic rings. The summed E-state index contributed by atoms with van der Waals surface area (Å²) < 4.78 is 2.27. The normalized spacial score (nSPS) is 19.8. The highest BCUT2D eigenvalue weighted by molar-refractivity contribution is 8.08. The van der Waals surface area contributed by atoms with E-state index in [1.54, 1.807) is 0 Å². The molecule has 2 heteroatoms. The average Bonchev–Trinajstić information content (AvgIpc) is 3.01. The summed E-state index contributed by atoms with van der Waals surface area (Å²) >= 11 is 1.95. The van der Waals surface area contributed by atoms with Crippen molar-refractivity contribution in [3.8, 4) is 0 Å². The fourth-order valence-corrected chi connectivity index (χ4v) is 3.17. The molecule has 0 aliphatic carbocycles. The Morgan fingerprint density at radius 1 is 1.00 bits per heavy atom. The van der Waals surface area contributed by atoms with Crippen LogP contribution in [-0.2, 0) is 0 Å². The molecule has 2 heterocycles. The molecule has 0 bridgehead atoms. The molecule has 3 rings (SSSR count). The summed E-state index contributed by atoms with van der Waals surface area (Å²) in [6.07, 6.45) is 7.73. The third kappa shape index (κ3) is 1.81. The third-order valence-electron chi connectivity index (χ3n) is 2.79. The number of thioether (sulfide) groups is 1. The maximum absolute atomic E-state index is 2.34. The molecule has 16 heavy (non-hydrogen) atoms. The summed E-state index contributed by atoms with van der Waals surface area (Å²) in [5.41, 5.74) is 1.34. The highest BCUT2D eigenvalue weighted by atomic mass is 32.2. The highest BCUT2D eigenvalue weighted by Gasteiger charge is 2.19. The Morgan fingerprint density at radius 2 is 1.75 bits per heavy atom. The second-order valence-electron chi connectivity index (χ2n) is 3.87. The molecular formula is C14H13NS. The summed E-state index contributed by atoms with van der Waals surface area (Å²) in [4.78, 5) is 1.40. The molecular weight excluding hydrogens is 214 g/mol. The number of hydrogen-bond acceptors (Lipinski definition) is 1. The molecule has 0 N–H and O–H groups in total. The first-order chi connectivity index (χ1) is 7.93. The van der Waals surface area contributed by atoms with E-state index in [0.717, 1.165) is 6.42 Å². The van der Waals surface area contributed by atoms with Crippen LogP contribution in [0.4, 0.5) is 0 Å². The van der Waals surface area contributed by atoms with Crippen molar-refractivity contribution < 1.29 is 0 Å². The third-order valence-corrected chi connectivity index (χ3v) is 4.15. The maximum Gasteiger partial charge on any atom is 0.0868 e. The molecule has 1 unspecified atom stereocenters. The second-order valence-corrected chi connectivity index (χ2v) is 5.09. The monoisotopic (exact) mass is 227 g/mol. The van der Waals surface area contributed by atoms with E-state index in [-0.39, 0.29) is 0 Å². The van der Waals surface area contributed by atoms with Crippen molar-refractivity contribution in [1.29, 1.82) is 0 Å². The Labute approximate surface area is 99.8 Å². The lowest BCUT2D eigenvalue weighted by Gasteiger charge is -2.11. The molecule has 1 atom stereocenters. The maximum atomic E-state index is 2.34. The number of aromatic nitrogens is 1. The minimum Gasteiger partial charge on any atom is -0.341 e. The van der Waals surface area contributed by atoms with Gasteiger partial charge in [0.15, 0.2) is 0 Å². The van der Waals surface area contributed by atoms with Gasteiger partial charge in [-0.05, 0) is 24.1 Å². The fraction of sp³-hybridized carbons (Fsp3) is 0.143. The van der Waals surface area contributed by atoms with Gasteiger partial charge in [0.2, 0.25) is 0 Å². The van der Waals surface area contributed by atoms with Gasteiger partial charge in [0.25, 0.3) is 0 Å². The van der Waals surface area contributed by atoms with Gasteiger partial charge in [-0.3, -0.25) is 0 Å². The van der Waals surface area contributed by atoms with Gasteiger partial charge in [-0.1, -0.05) is 36.4 Å². The lowest BCUT2D eigenvalue weighted by molar-refractivity contribution is 0.702. The Bertz CT molecular complexity index is 485. The zero-order chi connectivity index (χ0) is 10.8. The van der Waals surface area contributed by atoms with E-state index in [2.05, 4.69) is 65.5 Å². The Morgan fingerprint density at radius 3 is 2.50 bits per heavy atom. The molecule has 0 spiro atoms. The van der Waals surface area contributed by atoms with E-state index in [1.807, 2.05) is 11.8 Å². The van der Waals surface area contributed by atoms with Gasteiger partial charge < -0.3 is 4.57 Å². The average molecular weight is 227 g/mol. The summed E-state index contributed by atoms with van der Waals surface area (Å²) in [5, 5.41) is 0.533. The largest absolute Gasteiger partial charge is 0.341 e. The van der Waals surface area contributed by atoms with Gasteiger partial charge in [-0.15, -0.1) is 11.8 Å². The number of benzene rings is 1. The van der Waals surface area contributed by atoms with Gasteiger partial charge in [-0.2, -0.15) is 0 Å². The number of allylic oxidation sites excluding steroid dienone is 1. The molecule has 1 aromatic heterocycles. The van der Waals surface area contributed by atoms with Crippen molar-refractivity contribution in [2.24, 2.45) is 0 Å². The highest BCUT2D eigenvalue weighted by Crippen LogP contribution is 2.45. The van der Waals surface area contributed by atoms with Crippen molar-refractivity contribution in [2.75, 3.05) is 0 Å². The topological polar surface area (TPSA) is 4.93 Å². The van der Waals surface area contributed by atoms with Crippen LogP contribution in [0.1, 0.15) is 17.4 Å². The summed E-state index contributed by atoms with van der Waals surface area (Å²) in [7, 11) is 0. The van der Waals surface area contributed by atoms with E-state index in [4.69, 9.17) is 0 Å². The lowest BCUT2D eigenvalue weighted by Crippen LogP contribution is -1.97. The van der Waals surface area contributed by atoms with Crippen molar-refractivity contribution in [3.63, 3.8) is 0 Å². The minimum atomic E-state index is 0.533. The Hall–Kier alpha value is -1.41. The standard InChI is InChI=1S/C14H13NS/c1-2-6-12(7-3-1)13-8-9-14(16-13)15-10-4-5-11-15/h1-8,10-11,14H,9H2. The van der Waals surface area contributed by atoms with E-state index >= 15 is 0 Å². The molecule has 1 aliphatic heterocycles. The summed E-state index contributed by atoms with van der Waals surface area (Å²) in [5.74, 6) is 0. The van der Waals surface area contributed by atoms with Crippen LogP contribution in [-0.4, -0.2) is 4.57 Å². The molecule has 0 radical (unpaired) electrons. The van der Waals surface area contributed by atoms with Crippen LogP contribution in [0.5, 0.6) is 0 Å². The summed E-state index contributed by atoms with van der Waals surface area (Å²) in [6, 6.07) is 14.8. The van der Waals surface area contributed by atoms with Gasteiger partial charge in [-0.25, -0.2) is 0 Å². The van der Waals surface area contributed by atoms with Gasteiger partial charge in [0.1, 0.15) is 0 Å². The molecule has 0 saturated heterocycles. The van der Waals surface area contributed by atoms with Gasteiger partial charge in [0, 0.05) is 17.3 Å². The molecule has 1 aromatic carbocycles. The van der Waals surface area contributed by atoms with E-state index in [0.29, 0.717) is 5.37 Å². The second kappa shape index (κ2) is 4.22. The first-order valence-corrected chi connectivity index (χ1v) is 6.36. The fourth-order valence-electron chi connectivity index (χ4n) is 1.96. The molecule has 80 valence electrons. The number of hydrogen-bond donors (Lipinski definition) is 0. The minimum absolute atomic E-state index is 0.533. The van der Waals surface area contributed by atoms with Gasteiger partial charge in [0.05, 0.1) is 5.37 Å². The molecule has 2 aromatic rings. The van der Waals surface area contributed by atoms with Crippen molar-refractivity contribution in [1.82, 2.24) is 4.57 Å². The molecule has 0 fully saturated rings. The Balaban J connectivity index is 1.78. The van der Waals surface area contributed by atoms with Crippen LogP contribution in [0.2, 0.25) is 0 Å². The van der Waals surface area contributed by atoms with Crippen LogP contribution in [0.25, 0.3) is 4.91 Å². The van der Waals surface area contributed by atoms with E-state index < -0.39 is 0 Å². The van der Waals surface area contributed by atoms with Crippen LogP contribution in [0, 0.1) is 0 Å². The van der Waals surface area contributed by atoms with Crippen LogP contribution in [0.15, 0.2) is 60.9 Å².